The van der Waals surface area contributed by atoms with Gasteiger partial charge < -0.3 is 0 Å². The average Bonchev–Trinajstić information content (AvgIpc) is 2.98. The molecule has 0 bridgehead atoms. The van der Waals surface area contributed by atoms with E-state index in [1.807, 2.05) is 38.2 Å². The maximum atomic E-state index is 12.5. The summed E-state index contributed by atoms with van der Waals surface area (Å²) >= 11 is 5.17. The van der Waals surface area contributed by atoms with Crippen LogP contribution in [0.5, 0.6) is 0 Å². The summed E-state index contributed by atoms with van der Waals surface area (Å²) in [6, 6.07) is 12.0. The van der Waals surface area contributed by atoms with Gasteiger partial charge in [-0.05, 0) is 50.9 Å². The number of hydrogen-bond donors (Lipinski definition) is 0. The van der Waals surface area contributed by atoms with E-state index in [2.05, 4.69) is 45.3 Å². The van der Waals surface area contributed by atoms with Crippen LogP contribution in [0.15, 0.2) is 46.3 Å². The molecule has 2 unspecified atom stereocenters. The van der Waals surface area contributed by atoms with Crippen LogP contribution in [0.3, 0.4) is 0 Å². The number of benzene rings is 1. The molecule has 2 atom stereocenters. The Kier molecular flexibility index (Phi) is 5.73. The van der Waals surface area contributed by atoms with Crippen LogP contribution in [-0.4, -0.2) is 29.8 Å². The maximum Gasteiger partial charge on any atom is 0.179 e. The van der Waals surface area contributed by atoms with Gasteiger partial charge >= 0.3 is 0 Å². The number of carbonyl (C=O) groups excluding carboxylic acids is 1. The minimum absolute atomic E-state index is 0.124. The van der Waals surface area contributed by atoms with Crippen LogP contribution in [-0.2, 0) is 6.42 Å². The van der Waals surface area contributed by atoms with Gasteiger partial charge in [0.1, 0.15) is 0 Å². The molecule has 0 aliphatic carbocycles. The second kappa shape index (κ2) is 7.34. The number of likely N-dealkylation sites (N-methyl/N-ethyl adjacent to an activating group) is 1. The number of ketones is 1. The monoisotopic (exact) mass is 365 g/mol. The lowest BCUT2D eigenvalue weighted by atomic mass is 10.0. The SMILES string of the molecule is CC(Cc1cccs1)N(C)C(C)C(=O)c1ccc(Br)cc1. The first-order valence-corrected chi connectivity index (χ1v) is 8.70. The zero-order valence-corrected chi connectivity index (χ0v) is 14.9. The number of rotatable bonds is 6. The normalized spacial score (nSPS) is 14.1. The molecule has 0 spiro atoms. The molecular weight excluding hydrogens is 346 g/mol. The second-order valence-corrected chi connectivity index (χ2v) is 7.29. The number of halogens is 1. The Bertz CT molecular complexity index is 579. The third kappa shape index (κ3) is 4.25. The van der Waals surface area contributed by atoms with E-state index in [0.29, 0.717) is 6.04 Å². The van der Waals surface area contributed by atoms with E-state index in [1.165, 1.54) is 4.88 Å². The second-order valence-electron chi connectivity index (χ2n) is 5.35. The molecular formula is C17H20BrNOS. The van der Waals surface area contributed by atoms with Gasteiger partial charge in [-0.2, -0.15) is 0 Å². The molecule has 0 N–H and O–H groups in total. The fourth-order valence-electron chi connectivity index (χ4n) is 2.29. The highest BCUT2D eigenvalue weighted by Gasteiger charge is 2.23. The van der Waals surface area contributed by atoms with Crippen molar-refractivity contribution in [1.82, 2.24) is 4.90 Å². The van der Waals surface area contributed by atoms with Crippen LogP contribution in [0.4, 0.5) is 0 Å². The molecule has 0 aliphatic heterocycles. The van der Waals surface area contributed by atoms with E-state index < -0.39 is 0 Å². The molecule has 112 valence electrons. The van der Waals surface area contributed by atoms with E-state index in [9.17, 15) is 4.79 Å². The lowest BCUT2D eigenvalue weighted by molar-refractivity contribution is 0.0826. The topological polar surface area (TPSA) is 20.3 Å². The van der Waals surface area contributed by atoms with Gasteiger partial charge in [-0.3, -0.25) is 9.69 Å². The van der Waals surface area contributed by atoms with Gasteiger partial charge in [0.25, 0.3) is 0 Å². The molecule has 0 saturated carbocycles. The van der Waals surface area contributed by atoms with Crippen LogP contribution in [0, 0.1) is 0 Å². The molecule has 1 heterocycles. The minimum atomic E-state index is -0.124. The first-order chi connectivity index (χ1) is 9.99. The summed E-state index contributed by atoms with van der Waals surface area (Å²) in [5, 5.41) is 2.10. The van der Waals surface area contributed by atoms with Gasteiger partial charge in [-0.1, -0.05) is 34.1 Å². The number of nitrogens with zero attached hydrogens (tertiary/aromatic N) is 1. The Morgan fingerprint density at radius 1 is 1.24 bits per heavy atom. The summed E-state index contributed by atoms with van der Waals surface area (Å²) in [6.45, 7) is 4.15. The summed E-state index contributed by atoms with van der Waals surface area (Å²) in [4.78, 5) is 16.1. The van der Waals surface area contributed by atoms with Gasteiger partial charge in [-0.15, -0.1) is 11.3 Å². The summed E-state index contributed by atoms with van der Waals surface area (Å²) in [5.74, 6) is 0.169. The predicted octanol–water partition coefficient (Wildman–Crippen LogP) is 4.64. The van der Waals surface area contributed by atoms with Crippen LogP contribution < -0.4 is 0 Å². The maximum absolute atomic E-state index is 12.5. The molecule has 0 amide bonds. The molecule has 21 heavy (non-hydrogen) atoms. The van der Waals surface area contributed by atoms with Crippen LogP contribution in [0.1, 0.15) is 29.1 Å². The van der Waals surface area contributed by atoms with Crippen LogP contribution >= 0.6 is 27.3 Å². The number of thiophene rings is 1. The van der Waals surface area contributed by atoms with Crippen molar-refractivity contribution in [3.8, 4) is 0 Å². The summed E-state index contributed by atoms with van der Waals surface area (Å²) in [6.07, 6.45) is 0.978. The Hall–Kier alpha value is -0.970. The Morgan fingerprint density at radius 3 is 2.48 bits per heavy atom. The Balaban J connectivity index is 2.02. The van der Waals surface area contributed by atoms with Gasteiger partial charge in [-0.25, -0.2) is 0 Å². The molecule has 0 aliphatic rings. The summed E-state index contributed by atoms with van der Waals surface area (Å²) in [7, 11) is 2.03. The highest BCUT2D eigenvalue weighted by molar-refractivity contribution is 9.10. The first-order valence-electron chi connectivity index (χ1n) is 7.03. The third-order valence-corrected chi connectivity index (χ3v) is 5.32. The van der Waals surface area contributed by atoms with Crippen molar-refractivity contribution in [3.05, 3.63) is 56.7 Å². The van der Waals surface area contributed by atoms with Crippen molar-refractivity contribution in [3.63, 3.8) is 0 Å². The number of hydrogen-bond acceptors (Lipinski definition) is 3. The minimum Gasteiger partial charge on any atom is -0.294 e. The molecule has 2 nitrogen and oxygen atoms in total. The van der Waals surface area contributed by atoms with Gasteiger partial charge in [0.2, 0.25) is 0 Å². The smallest absolute Gasteiger partial charge is 0.179 e. The fraction of sp³-hybridized carbons (Fsp3) is 0.353. The highest BCUT2D eigenvalue weighted by atomic mass is 79.9. The van der Waals surface area contributed by atoms with Crippen molar-refractivity contribution < 1.29 is 4.79 Å². The largest absolute Gasteiger partial charge is 0.294 e. The van der Waals surface area contributed by atoms with Crippen LogP contribution in [0.25, 0.3) is 0 Å². The van der Waals surface area contributed by atoms with Crippen molar-refractivity contribution in [1.29, 1.82) is 0 Å². The molecule has 4 heteroatoms. The molecule has 1 aromatic heterocycles. The van der Waals surface area contributed by atoms with Crippen molar-refractivity contribution >= 4 is 33.0 Å². The molecule has 2 rings (SSSR count). The third-order valence-electron chi connectivity index (χ3n) is 3.89. The first kappa shape index (κ1) is 16.4. The Morgan fingerprint density at radius 2 is 1.90 bits per heavy atom. The van der Waals surface area contributed by atoms with Crippen LogP contribution in [0.2, 0.25) is 0 Å². The van der Waals surface area contributed by atoms with Gasteiger partial charge in [0, 0.05) is 21.0 Å². The molecule has 0 fully saturated rings. The van der Waals surface area contributed by atoms with E-state index in [-0.39, 0.29) is 11.8 Å². The summed E-state index contributed by atoms with van der Waals surface area (Å²) < 4.78 is 0.992. The van der Waals surface area contributed by atoms with Crippen molar-refractivity contribution in [2.75, 3.05) is 7.05 Å². The molecule has 0 radical (unpaired) electrons. The van der Waals surface area contributed by atoms with Crippen molar-refractivity contribution in [2.45, 2.75) is 32.4 Å². The highest BCUT2D eigenvalue weighted by Crippen LogP contribution is 2.18. The zero-order valence-electron chi connectivity index (χ0n) is 12.5. The lowest BCUT2D eigenvalue weighted by Gasteiger charge is -2.29. The van der Waals surface area contributed by atoms with E-state index in [1.54, 1.807) is 11.3 Å². The van der Waals surface area contributed by atoms with Gasteiger partial charge in [0.05, 0.1) is 6.04 Å². The Labute approximate surface area is 138 Å². The predicted molar refractivity (Wildman–Crippen MR) is 93.2 cm³/mol. The average molecular weight is 366 g/mol. The number of Topliss-reactive ketones (excluding diaryl/α,β-unsaturated/α-hetero) is 1. The van der Waals surface area contributed by atoms with Crippen molar-refractivity contribution in [2.24, 2.45) is 0 Å². The molecule has 0 saturated heterocycles. The fourth-order valence-corrected chi connectivity index (χ4v) is 3.38. The molecule has 2 aromatic rings. The quantitative estimate of drug-likeness (QED) is 0.694. The molecule has 1 aromatic carbocycles. The number of carbonyl (C=O) groups is 1. The summed E-state index contributed by atoms with van der Waals surface area (Å²) in [5.41, 5.74) is 0.765. The van der Waals surface area contributed by atoms with Gasteiger partial charge in [0.15, 0.2) is 5.78 Å². The van der Waals surface area contributed by atoms with E-state index in [0.717, 1.165) is 16.5 Å². The van der Waals surface area contributed by atoms with E-state index >= 15 is 0 Å². The lowest BCUT2D eigenvalue weighted by Crippen LogP contribution is -2.42. The zero-order chi connectivity index (χ0) is 15.4. The standard InChI is InChI=1S/C17H20BrNOS/c1-12(11-16-5-4-10-21-16)19(3)13(2)17(20)14-6-8-15(18)9-7-14/h4-10,12-13H,11H2,1-3H3. The van der Waals surface area contributed by atoms with E-state index in [4.69, 9.17) is 0 Å².